The molecular formula is C22H42O4. The van der Waals surface area contributed by atoms with Crippen molar-refractivity contribution in [3.8, 4) is 0 Å². The van der Waals surface area contributed by atoms with Crippen LogP contribution in [-0.2, 0) is 19.1 Å². The van der Waals surface area contributed by atoms with Crippen molar-refractivity contribution in [2.45, 2.75) is 98.8 Å². The van der Waals surface area contributed by atoms with Crippen LogP contribution in [-0.4, -0.2) is 25.2 Å². The maximum Gasteiger partial charge on any atom is 0.308 e. The van der Waals surface area contributed by atoms with Crippen molar-refractivity contribution in [3.63, 3.8) is 0 Å². The molecule has 0 saturated heterocycles. The fourth-order valence-electron chi connectivity index (χ4n) is 3.03. The summed E-state index contributed by atoms with van der Waals surface area (Å²) in [6.45, 7) is 11.4. The molecule has 0 aliphatic rings. The third-order valence-electron chi connectivity index (χ3n) is 5.06. The summed E-state index contributed by atoms with van der Waals surface area (Å²) in [7, 11) is 0. The second-order valence-corrected chi connectivity index (χ2v) is 7.54. The summed E-state index contributed by atoms with van der Waals surface area (Å²) in [5, 5.41) is 0. The monoisotopic (exact) mass is 370 g/mol. The maximum absolute atomic E-state index is 12.1. The molecule has 4 heteroatoms. The van der Waals surface area contributed by atoms with E-state index in [-0.39, 0.29) is 23.8 Å². The molecule has 0 radical (unpaired) electrons. The highest BCUT2D eigenvalue weighted by Gasteiger charge is 2.19. The Kier molecular flexibility index (Phi) is 15.5. The van der Waals surface area contributed by atoms with Gasteiger partial charge in [-0.3, -0.25) is 9.59 Å². The van der Waals surface area contributed by atoms with Gasteiger partial charge in [0.2, 0.25) is 0 Å². The Morgan fingerprint density at radius 1 is 0.731 bits per heavy atom. The van der Waals surface area contributed by atoms with Crippen molar-refractivity contribution in [3.05, 3.63) is 0 Å². The lowest BCUT2D eigenvalue weighted by Gasteiger charge is -2.17. The standard InChI is InChI=1S/C22H42O4/c1-6-10-14-19(8-3)21(23)25-16-12-13-18(5)17-26-22(24)20(9-4)15-11-7-2/h18-20H,6-17H2,1-5H3. The molecular weight excluding hydrogens is 328 g/mol. The van der Waals surface area contributed by atoms with Gasteiger partial charge in [-0.1, -0.05) is 60.3 Å². The lowest BCUT2D eigenvalue weighted by molar-refractivity contribution is -0.150. The van der Waals surface area contributed by atoms with Gasteiger partial charge in [-0.2, -0.15) is 0 Å². The van der Waals surface area contributed by atoms with Crippen molar-refractivity contribution in [1.82, 2.24) is 0 Å². The van der Waals surface area contributed by atoms with E-state index >= 15 is 0 Å². The molecule has 0 heterocycles. The molecule has 0 aromatic heterocycles. The average Bonchev–Trinajstić information content (AvgIpc) is 2.64. The van der Waals surface area contributed by atoms with Gasteiger partial charge in [0.05, 0.1) is 25.0 Å². The third-order valence-corrected chi connectivity index (χ3v) is 5.06. The summed E-state index contributed by atoms with van der Waals surface area (Å²) in [6.07, 6.45) is 9.63. The smallest absolute Gasteiger partial charge is 0.308 e. The van der Waals surface area contributed by atoms with Gasteiger partial charge >= 0.3 is 11.9 Å². The second kappa shape index (κ2) is 16.1. The quantitative estimate of drug-likeness (QED) is 0.250. The summed E-state index contributed by atoms with van der Waals surface area (Å²) in [6, 6.07) is 0. The summed E-state index contributed by atoms with van der Waals surface area (Å²) < 4.78 is 10.9. The molecule has 0 aromatic carbocycles. The van der Waals surface area contributed by atoms with E-state index in [1.807, 2.05) is 13.8 Å². The maximum atomic E-state index is 12.1. The first-order valence-electron chi connectivity index (χ1n) is 10.8. The number of hydrogen-bond donors (Lipinski definition) is 0. The number of rotatable bonds is 16. The predicted molar refractivity (Wildman–Crippen MR) is 107 cm³/mol. The van der Waals surface area contributed by atoms with E-state index in [1.54, 1.807) is 0 Å². The first-order valence-corrected chi connectivity index (χ1v) is 10.8. The fourth-order valence-corrected chi connectivity index (χ4v) is 3.03. The molecule has 154 valence electrons. The Labute approximate surface area is 161 Å². The van der Waals surface area contributed by atoms with E-state index < -0.39 is 0 Å². The minimum atomic E-state index is -0.0547. The predicted octanol–water partition coefficient (Wildman–Crippen LogP) is 5.92. The van der Waals surface area contributed by atoms with Gasteiger partial charge in [0, 0.05) is 0 Å². The summed E-state index contributed by atoms with van der Waals surface area (Å²) in [5.41, 5.74) is 0. The highest BCUT2D eigenvalue weighted by atomic mass is 16.5. The molecule has 0 aliphatic heterocycles. The SMILES string of the molecule is CCCCC(CC)C(=O)OCCCC(C)COC(=O)C(CC)CCCC. The molecule has 26 heavy (non-hydrogen) atoms. The van der Waals surface area contributed by atoms with Crippen LogP contribution in [0.5, 0.6) is 0 Å². The number of ether oxygens (including phenoxy) is 2. The molecule has 0 saturated carbocycles. The Hall–Kier alpha value is -1.06. The Morgan fingerprint density at radius 2 is 1.23 bits per heavy atom. The van der Waals surface area contributed by atoms with Crippen molar-refractivity contribution in [2.24, 2.45) is 17.8 Å². The van der Waals surface area contributed by atoms with E-state index in [4.69, 9.17) is 9.47 Å². The van der Waals surface area contributed by atoms with Crippen LogP contribution >= 0.6 is 0 Å². The van der Waals surface area contributed by atoms with Gasteiger partial charge in [-0.15, -0.1) is 0 Å². The molecule has 4 nitrogen and oxygen atoms in total. The van der Waals surface area contributed by atoms with Crippen molar-refractivity contribution in [2.75, 3.05) is 13.2 Å². The Balaban J connectivity index is 3.92. The van der Waals surface area contributed by atoms with Gasteiger partial charge in [0.25, 0.3) is 0 Å². The highest BCUT2D eigenvalue weighted by molar-refractivity contribution is 5.72. The Bertz CT molecular complexity index is 367. The number of hydrogen-bond acceptors (Lipinski definition) is 4. The molecule has 0 amide bonds. The van der Waals surface area contributed by atoms with Gasteiger partial charge in [0.1, 0.15) is 0 Å². The van der Waals surface area contributed by atoms with E-state index in [0.717, 1.165) is 64.2 Å². The molecule has 0 aromatic rings. The lowest BCUT2D eigenvalue weighted by Crippen LogP contribution is -2.21. The van der Waals surface area contributed by atoms with Crippen LogP contribution in [0.15, 0.2) is 0 Å². The zero-order valence-corrected chi connectivity index (χ0v) is 17.9. The Morgan fingerprint density at radius 3 is 1.69 bits per heavy atom. The molecule has 0 spiro atoms. The number of carbonyl (C=O) groups excluding carboxylic acids is 2. The van der Waals surface area contributed by atoms with Crippen LogP contribution in [0.2, 0.25) is 0 Å². The summed E-state index contributed by atoms with van der Waals surface area (Å²) in [4.78, 5) is 24.1. The topological polar surface area (TPSA) is 52.6 Å². The van der Waals surface area contributed by atoms with Gasteiger partial charge in [0.15, 0.2) is 0 Å². The highest BCUT2D eigenvalue weighted by Crippen LogP contribution is 2.17. The van der Waals surface area contributed by atoms with Crippen LogP contribution < -0.4 is 0 Å². The first kappa shape index (κ1) is 24.9. The largest absolute Gasteiger partial charge is 0.465 e. The third kappa shape index (κ3) is 11.5. The van der Waals surface area contributed by atoms with Crippen molar-refractivity contribution in [1.29, 1.82) is 0 Å². The average molecular weight is 371 g/mol. The summed E-state index contributed by atoms with van der Waals surface area (Å²) >= 11 is 0. The van der Waals surface area contributed by atoms with Crippen LogP contribution in [0.25, 0.3) is 0 Å². The molecule has 3 unspecified atom stereocenters. The molecule has 0 bridgehead atoms. The van der Waals surface area contributed by atoms with Crippen LogP contribution in [0.1, 0.15) is 98.8 Å². The van der Waals surface area contributed by atoms with Gasteiger partial charge in [-0.25, -0.2) is 0 Å². The molecule has 3 atom stereocenters. The van der Waals surface area contributed by atoms with Crippen LogP contribution in [0.3, 0.4) is 0 Å². The van der Waals surface area contributed by atoms with E-state index in [2.05, 4.69) is 20.8 Å². The van der Waals surface area contributed by atoms with Crippen molar-refractivity contribution < 1.29 is 19.1 Å². The van der Waals surface area contributed by atoms with Crippen molar-refractivity contribution >= 4 is 11.9 Å². The number of carbonyl (C=O) groups is 2. The minimum absolute atomic E-state index is 0.0391. The fraction of sp³-hybridized carbons (Fsp3) is 0.909. The molecule has 0 N–H and O–H groups in total. The zero-order valence-electron chi connectivity index (χ0n) is 17.9. The molecule has 0 rings (SSSR count). The normalized spacial score (nSPS) is 14.5. The van der Waals surface area contributed by atoms with E-state index in [9.17, 15) is 9.59 Å². The number of esters is 2. The minimum Gasteiger partial charge on any atom is -0.465 e. The second-order valence-electron chi connectivity index (χ2n) is 7.54. The molecule has 0 fully saturated rings. The van der Waals surface area contributed by atoms with Gasteiger partial charge in [-0.05, 0) is 44.4 Å². The van der Waals surface area contributed by atoms with Gasteiger partial charge < -0.3 is 9.47 Å². The van der Waals surface area contributed by atoms with Crippen LogP contribution in [0, 0.1) is 17.8 Å². The van der Waals surface area contributed by atoms with E-state index in [1.165, 1.54) is 0 Å². The van der Waals surface area contributed by atoms with Crippen LogP contribution in [0.4, 0.5) is 0 Å². The first-order chi connectivity index (χ1) is 12.5. The zero-order chi connectivity index (χ0) is 19.8. The molecule has 0 aliphatic carbocycles. The lowest BCUT2D eigenvalue weighted by atomic mass is 9.99. The number of unbranched alkanes of at least 4 members (excludes halogenated alkanes) is 2. The summed E-state index contributed by atoms with van der Waals surface area (Å²) in [5.74, 6) is 0.269. The van der Waals surface area contributed by atoms with E-state index in [0.29, 0.717) is 19.1 Å².